The van der Waals surface area contributed by atoms with Gasteiger partial charge >= 0.3 is 0 Å². The molecule has 0 rings (SSSR count). The Bertz CT molecular complexity index is 105. The second-order valence-electron chi connectivity index (χ2n) is 0.879. The summed E-state index contributed by atoms with van der Waals surface area (Å²) in [6.45, 7) is 0.286. The maximum absolute atomic E-state index is 7.75. The summed E-state index contributed by atoms with van der Waals surface area (Å²) in [4.78, 5) is 0. The molecule has 0 aromatic carbocycles. The molecular weight excluding hydrogens is 108 g/mol. The minimum atomic E-state index is 0.143. The fourth-order valence-electron chi connectivity index (χ4n) is 0.175. The van der Waals surface area contributed by atoms with Crippen molar-refractivity contribution in [2.45, 2.75) is 0 Å². The molecule has 0 radical (unpaired) electrons. The van der Waals surface area contributed by atoms with Crippen molar-refractivity contribution in [1.29, 1.82) is 10.5 Å². The summed E-state index contributed by atoms with van der Waals surface area (Å²) in [6.07, 6.45) is 2.87. The SMILES string of the molecule is N#COCCOC#N. The molecule has 0 amide bonds. The van der Waals surface area contributed by atoms with Gasteiger partial charge in [0.15, 0.2) is 0 Å². The molecule has 0 heterocycles. The number of ether oxygens (including phenoxy) is 2. The quantitative estimate of drug-likeness (QED) is 0.380. The molecule has 0 aliphatic rings. The number of nitriles is 2. The van der Waals surface area contributed by atoms with Crippen LogP contribution in [0.1, 0.15) is 0 Å². The van der Waals surface area contributed by atoms with Crippen LogP contribution < -0.4 is 0 Å². The van der Waals surface area contributed by atoms with E-state index in [1.165, 1.54) is 12.5 Å². The Balaban J connectivity index is 2.77. The van der Waals surface area contributed by atoms with Crippen molar-refractivity contribution in [3.63, 3.8) is 0 Å². The second-order valence-corrected chi connectivity index (χ2v) is 0.879. The normalized spacial score (nSPS) is 6.25. The largest absolute Gasteiger partial charge is 0.424 e. The highest BCUT2D eigenvalue weighted by atomic mass is 16.5. The van der Waals surface area contributed by atoms with E-state index in [4.69, 9.17) is 10.5 Å². The van der Waals surface area contributed by atoms with Crippen molar-refractivity contribution < 1.29 is 9.47 Å². The lowest BCUT2D eigenvalue weighted by atomic mass is 10.8. The highest BCUT2D eigenvalue weighted by molar-refractivity contribution is 4.50. The molecule has 4 heteroatoms. The average molecular weight is 112 g/mol. The Morgan fingerprint density at radius 3 is 1.62 bits per heavy atom. The summed E-state index contributed by atoms with van der Waals surface area (Å²) in [5, 5.41) is 15.5. The van der Waals surface area contributed by atoms with Crippen LogP contribution in [0.3, 0.4) is 0 Å². The number of nitrogens with zero attached hydrogens (tertiary/aromatic N) is 2. The van der Waals surface area contributed by atoms with Gasteiger partial charge < -0.3 is 9.47 Å². The van der Waals surface area contributed by atoms with Gasteiger partial charge in [-0.25, -0.2) is 0 Å². The van der Waals surface area contributed by atoms with Gasteiger partial charge in [0.1, 0.15) is 13.2 Å². The van der Waals surface area contributed by atoms with Crippen LogP contribution in [0.4, 0.5) is 0 Å². The lowest BCUT2D eigenvalue weighted by Crippen LogP contribution is -1.96. The van der Waals surface area contributed by atoms with Crippen molar-refractivity contribution in [2.75, 3.05) is 13.2 Å². The Morgan fingerprint density at radius 1 is 1.00 bits per heavy atom. The Hall–Kier alpha value is -1.42. The van der Waals surface area contributed by atoms with E-state index in [1.54, 1.807) is 0 Å². The molecule has 0 spiro atoms. The highest BCUT2D eigenvalue weighted by Gasteiger charge is 1.81. The van der Waals surface area contributed by atoms with Crippen molar-refractivity contribution in [3.05, 3.63) is 0 Å². The average Bonchev–Trinajstić information content (AvgIpc) is 1.81. The van der Waals surface area contributed by atoms with Crippen molar-refractivity contribution in [3.8, 4) is 12.5 Å². The molecule has 8 heavy (non-hydrogen) atoms. The summed E-state index contributed by atoms with van der Waals surface area (Å²) in [5.41, 5.74) is 0. The Labute approximate surface area is 46.8 Å². The third kappa shape index (κ3) is 4.58. The third-order valence-electron chi connectivity index (χ3n) is 0.417. The van der Waals surface area contributed by atoms with E-state index in [0.29, 0.717) is 0 Å². The third-order valence-corrected chi connectivity index (χ3v) is 0.417. The first kappa shape index (κ1) is 6.58. The van der Waals surface area contributed by atoms with Crippen LogP contribution in [0, 0.1) is 23.0 Å². The number of hydrogen-bond donors (Lipinski definition) is 0. The maximum Gasteiger partial charge on any atom is 0.286 e. The van der Waals surface area contributed by atoms with Crippen molar-refractivity contribution in [1.82, 2.24) is 0 Å². The van der Waals surface area contributed by atoms with Gasteiger partial charge in [-0.2, -0.15) is 10.5 Å². The fourth-order valence-corrected chi connectivity index (χ4v) is 0.175. The predicted molar refractivity (Wildman–Crippen MR) is 23.1 cm³/mol. The van der Waals surface area contributed by atoms with Crippen LogP contribution in [-0.4, -0.2) is 13.2 Å². The summed E-state index contributed by atoms with van der Waals surface area (Å²) >= 11 is 0. The molecule has 4 nitrogen and oxygen atoms in total. The minimum Gasteiger partial charge on any atom is -0.424 e. The lowest BCUT2D eigenvalue weighted by Gasteiger charge is -1.89. The van der Waals surface area contributed by atoms with Crippen LogP contribution in [0.25, 0.3) is 0 Å². The van der Waals surface area contributed by atoms with Gasteiger partial charge in [0, 0.05) is 0 Å². The predicted octanol–water partition coefficient (Wildman–Crippen LogP) is -0.0182. The number of rotatable bonds is 3. The summed E-state index contributed by atoms with van der Waals surface area (Å²) < 4.78 is 8.33. The first-order valence-corrected chi connectivity index (χ1v) is 1.93. The zero-order valence-corrected chi connectivity index (χ0v) is 4.13. The van der Waals surface area contributed by atoms with Gasteiger partial charge in [0.25, 0.3) is 12.5 Å². The smallest absolute Gasteiger partial charge is 0.286 e. The molecule has 0 saturated heterocycles. The van der Waals surface area contributed by atoms with Gasteiger partial charge in [0.05, 0.1) is 0 Å². The number of hydrogen-bond acceptors (Lipinski definition) is 4. The Morgan fingerprint density at radius 2 is 1.38 bits per heavy atom. The second kappa shape index (κ2) is 5.58. The van der Waals surface area contributed by atoms with Crippen LogP contribution >= 0.6 is 0 Å². The molecule has 0 aliphatic heterocycles. The van der Waals surface area contributed by atoms with Crippen LogP contribution in [0.15, 0.2) is 0 Å². The minimum absolute atomic E-state index is 0.143. The van der Waals surface area contributed by atoms with E-state index < -0.39 is 0 Å². The molecule has 0 aliphatic carbocycles. The van der Waals surface area contributed by atoms with Crippen molar-refractivity contribution in [2.24, 2.45) is 0 Å². The monoisotopic (exact) mass is 112 g/mol. The highest BCUT2D eigenvalue weighted by Crippen LogP contribution is 1.71. The molecule has 0 aromatic rings. The van der Waals surface area contributed by atoms with Gasteiger partial charge in [-0.05, 0) is 0 Å². The first-order chi connectivity index (χ1) is 3.91. The van der Waals surface area contributed by atoms with Gasteiger partial charge in [-0.15, -0.1) is 0 Å². The summed E-state index contributed by atoms with van der Waals surface area (Å²) in [6, 6.07) is 0. The van der Waals surface area contributed by atoms with Crippen LogP contribution in [-0.2, 0) is 9.47 Å². The van der Waals surface area contributed by atoms with Gasteiger partial charge in [0.2, 0.25) is 0 Å². The molecule has 0 bridgehead atoms. The van der Waals surface area contributed by atoms with E-state index in [-0.39, 0.29) is 13.2 Å². The zero-order chi connectivity index (χ0) is 6.24. The molecule has 0 atom stereocenters. The van der Waals surface area contributed by atoms with E-state index >= 15 is 0 Å². The standard InChI is InChI=1S/C4H4N2O2/c5-3-7-1-2-8-4-6/h1-2H2. The lowest BCUT2D eigenvalue weighted by molar-refractivity contribution is 0.169. The van der Waals surface area contributed by atoms with E-state index in [0.717, 1.165) is 0 Å². The maximum atomic E-state index is 7.75. The van der Waals surface area contributed by atoms with Crippen molar-refractivity contribution >= 4 is 0 Å². The molecule has 42 valence electrons. The van der Waals surface area contributed by atoms with Crippen LogP contribution in [0.5, 0.6) is 0 Å². The molecule has 0 unspecified atom stereocenters. The van der Waals surface area contributed by atoms with E-state index in [2.05, 4.69) is 9.47 Å². The molecule has 0 fully saturated rings. The van der Waals surface area contributed by atoms with Crippen LogP contribution in [0.2, 0.25) is 0 Å². The zero-order valence-electron chi connectivity index (χ0n) is 4.13. The first-order valence-electron chi connectivity index (χ1n) is 1.93. The molecular formula is C4H4N2O2. The summed E-state index contributed by atoms with van der Waals surface area (Å²) in [5.74, 6) is 0. The van der Waals surface area contributed by atoms with E-state index in [1.807, 2.05) is 0 Å². The Kier molecular flexibility index (Phi) is 4.59. The summed E-state index contributed by atoms with van der Waals surface area (Å²) in [7, 11) is 0. The van der Waals surface area contributed by atoms with E-state index in [9.17, 15) is 0 Å². The molecule has 0 aromatic heterocycles. The molecule has 0 N–H and O–H groups in total. The van der Waals surface area contributed by atoms with Gasteiger partial charge in [-0.3, -0.25) is 0 Å². The molecule has 0 saturated carbocycles. The topological polar surface area (TPSA) is 66.0 Å². The van der Waals surface area contributed by atoms with Gasteiger partial charge in [-0.1, -0.05) is 0 Å². The fraction of sp³-hybridized carbons (Fsp3) is 0.500.